The molecule has 0 N–H and O–H groups in total. The molecule has 0 heterocycles. The maximum atomic E-state index is 12.3. The SMILES string of the molecule is COc1cc(OC)cc(C(=O)OCC(C)(C)c2ccccc2)c1. The molecule has 0 saturated carbocycles. The van der Waals surface area contributed by atoms with Gasteiger partial charge in [-0.25, -0.2) is 4.79 Å². The van der Waals surface area contributed by atoms with E-state index in [0.29, 0.717) is 17.1 Å². The summed E-state index contributed by atoms with van der Waals surface area (Å²) in [5.41, 5.74) is 1.26. The monoisotopic (exact) mass is 314 g/mol. The first-order valence-electron chi connectivity index (χ1n) is 7.42. The van der Waals surface area contributed by atoms with Crippen LogP contribution in [0.25, 0.3) is 0 Å². The molecule has 0 aliphatic carbocycles. The molecule has 0 radical (unpaired) electrons. The van der Waals surface area contributed by atoms with Gasteiger partial charge in [0.1, 0.15) is 18.1 Å². The fraction of sp³-hybridized carbons (Fsp3) is 0.316. The third-order valence-electron chi connectivity index (χ3n) is 3.71. The number of hydrogen-bond acceptors (Lipinski definition) is 4. The highest BCUT2D eigenvalue weighted by Crippen LogP contribution is 2.26. The van der Waals surface area contributed by atoms with Crippen molar-refractivity contribution in [3.63, 3.8) is 0 Å². The van der Waals surface area contributed by atoms with Crippen LogP contribution in [0.2, 0.25) is 0 Å². The predicted octanol–water partition coefficient (Wildman–Crippen LogP) is 3.84. The van der Waals surface area contributed by atoms with Crippen LogP contribution in [0, 0.1) is 0 Å². The number of hydrogen-bond donors (Lipinski definition) is 0. The van der Waals surface area contributed by atoms with Crippen LogP contribution in [0.4, 0.5) is 0 Å². The first kappa shape index (κ1) is 16.9. The van der Waals surface area contributed by atoms with Gasteiger partial charge in [-0.05, 0) is 17.7 Å². The largest absolute Gasteiger partial charge is 0.497 e. The molecule has 2 rings (SSSR count). The Balaban J connectivity index is 2.10. The van der Waals surface area contributed by atoms with E-state index in [1.807, 2.05) is 44.2 Å². The van der Waals surface area contributed by atoms with Crippen LogP contribution in [-0.4, -0.2) is 26.8 Å². The molecule has 23 heavy (non-hydrogen) atoms. The highest BCUT2D eigenvalue weighted by atomic mass is 16.5. The molecule has 122 valence electrons. The first-order chi connectivity index (χ1) is 11.0. The second kappa shape index (κ2) is 7.18. The van der Waals surface area contributed by atoms with Crippen LogP contribution in [0.15, 0.2) is 48.5 Å². The van der Waals surface area contributed by atoms with E-state index < -0.39 is 5.97 Å². The molecule has 0 spiro atoms. The molecule has 2 aromatic carbocycles. The van der Waals surface area contributed by atoms with Crippen LogP contribution in [-0.2, 0) is 10.2 Å². The fourth-order valence-corrected chi connectivity index (χ4v) is 2.23. The number of carbonyl (C=O) groups excluding carboxylic acids is 1. The van der Waals surface area contributed by atoms with Crippen molar-refractivity contribution in [3.05, 3.63) is 59.7 Å². The standard InChI is InChI=1S/C19H22O4/c1-19(2,15-8-6-5-7-9-15)13-23-18(20)14-10-16(21-3)12-17(11-14)22-4/h5-12H,13H2,1-4H3. The molecular weight excluding hydrogens is 292 g/mol. The molecule has 0 aromatic heterocycles. The zero-order valence-corrected chi connectivity index (χ0v) is 14.0. The molecule has 0 aliphatic heterocycles. The van der Waals surface area contributed by atoms with Crippen molar-refractivity contribution in [2.24, 2.45) is 0 Å². The lowest BCUT2D eigenvalue weighted by Gasteiger charge is -2.24. The highest BCUT2D eigenvalue weighted by molar-refractivity contribution is 5.90. The number of ether oxygens (including phenoxy) is 3. The Bertz CT molecular complexity index is 640. The molecule has 4 heteroatoms. The number of rotatable bonds is 6. The Kier molecular flexibility index (Phi) is 5.27. The van der Waals surface area contributed by atoms with Gasteiger partial charge in [0.05, 0.1) is 19.8 Å². The van der Waals surface area contributed by atoms with Crippen molar-refractivity contribution in [1.29, 1.82) is 0 Å². The second-order valence-electron chi connectivity index (χ2n) is 5.93. The van der Waals surface area contributed by atoms with E-state index in [0.717, 1.165) is 5.56 Å². The number of esters is 1. The summed E-state index contributed by atoms with van der Waals surface area (Å²) in [6, 6.07) is 15.0. The van der Waals surface area contributed by atoms with Crippen molar-refractivity contribution in [2.45, 2.75) is 19.3 Å². The fourth-order valence-electron chi connectivity index (χ4n) is 2.23. The summed E-state index contributed by atoms with van der Waals surface area (Å²) in [6.45, 7) is 4.37. The maximum absolute atomic E-state index is 12.3. The zero-order chi connectivity index (χ0) is 16.9. The minimum atomic E-state index is -0.397. The number of benzene rings is 2. The van der Waals surface area contributed by atoms with Gasteiger partial charge >= 0.3 is 5.97 Å². The van der Waals surface area contributed by atoms with E-state index in [2.05, 4.69) is 0 Å². The zero-order valence-electron chi connectivity index (χ0n) is 14.0. The van der Waals surface area contributed by atoms with Gasteiger partial charge in [-0.15, -0.1) is 0 Å². The van der Waals surface area contributed by atoms with Crippen molar-refractivity contribution >= 4 is 5.97 Å². The molecule has 0 bridgehead atoms. The van der Waals surface area contributed by atoms with Crippen molar-refractivity contribution in [3.8, 4) is 11.5 Å². The molecule has 0 atom stereocenters. The topological polar surface area (TPSA) is 44.8 Å². The summed E-state index contributed by atoms with van der Waals surface area (Å²) in [6.07, 6.45) is 0. The van der Waals surface area contributed by atoms with Gasteiger partial charge in [-0.1, -0.05) is 44.2 Å². The van der Waals surface area contributed by atoms with Crippen LogP contribution >= 0.6 is 0 Å². The number of carbonyl (C=O) groups is 1. The van der Waals surface area contributed by atoms with Gasteiger partial charge in [0.15, 0.2) is 0 Å². The first-order valence-corrected chi connectivity index (χ1v) is 7.42. The molecule has 4 nitrogen and oxygen atoms in total. The van der Waals surface area contributed by atoms with E-state index in [-0.39, 0.29) is 12.0 Å². The molecule has 2 aromatic rings. The van der Waals surface area contributed by atoms with Crippen LogP contribution in [0.3, 0.4) is 0 Å². The van der Waals surface area contributed by atoms with E-state index >= 15 is 0 Å². The second-order valence-corrected chi connectivity index (χ2v) is 5.93. The van der Waals surface area contributed by atoms with Gasteiger partial charge in [-0.2, -0.15) is 0 Å². The number of methoxy groups -OCH3 is 2. The summed E-state index contributed by atoms with van der Waals surface area (Å²) in [7, 11) is 3.09. The minimum Gasteiger partial charge on any atom is -0.497 e. The Labute approximate surface area is 137 Å². The van der Waals surface area contributed by atoms with Crippen molar-refractivity contribution in [1.82, 2.24) is 0 Å². The minimum absolute atomic E-state index is 0.264. The summed E-state index contributed by atoms with van der Waals surface area (Å²) < 4.78 is 15.8. The highest BCUT2D eigenvalue weighted by Gasteiger charge is 2.23. The van der Waals surface area contributed by atoms with E-state index in [4.69, 9.17) is 14.2 Å². The van der Waals surface area contributed by atoms with Crippen LogP contribution < -0.4 is 9.47 Å². The molecule has 0 amide bonds. The average Bonchev–Trinajstić information content (AvgIpc) is 2.59. The molecule has 0 unspecified atom stereocenters. The summed E-state index contributed by atoms with van der Waals surface area (Å²) >= 11 is 0. The Morgan fingerprint density at radius 3 is 2.04 bits per heavy atom. The van der Waals surface area contributed by atoms with Gasteiger partial charge in [-0.3, -0.25) is 0 Å². The van der Waals surface area contributed by atoms with E-state index in [1.54, 1.807) is 32.4 Å². The van der Waals surface area contributed by atoms with Gasteiger partial charge in [0.25, 0.3) is 0 Å². The molecule has 0 fully saturated rings. The lowest BCUT2D eigenvalue weighted by atomic mass is 9.86. The van der Waals surface area contributed by atoms with E-state index in [1.165, 1.54) is 0 Å². The van der Waals surface area contributed by atoms with Gasteiger partial charge < -0.3 is 14.2 Å². The third kappa shape index (κ3) is 4.25. The smallest absolute Gasteiger partial charge is 0.338 e. The summed E-state index contributed by atoms with van der Waals surface area (Å²) in [5, 5.41) is 0. The molecule has 0 aliphatic rings. The Morgan fingerprint density at radius 1 is 0.957 bits per heavy atom. The van der Waals surface area contributed by atoms with Crippen molar-refractivity contribution in [2.75, 3.05) is 20.8 Å². The average molecular weight is 314 g/mol. The van der Waals surface area contributed by atoms with Gasteiger partial charge in [0, 0.05) is 11.5 Å². The van der Waals surface area contributed by atoms with Crippen LogP contribution in [0.5, 0.6) is 11.5 Å². The molecular formula is C19H22O4. The van der Waals surface area contributed by atoms with E-state index in [9.17, 15) is 4.79 Å². The lowest BCUT2D eigenvalue weighted by Crippen LogP contribution is -2.26. The summed E-state index contributed by atoms with van der Waals surface area (Å²) in [4.78, 5) is 12.3. The summed E-state index contributed by atoms with van der Waals surface area (Å²) in [5.74, 6) is 0.712. The maximum Gasteiger partial charge on any atom is 0.338 e. The predicted molar refractivity (Wildman–Crippen MR) is 89.3 cm³/mol. The van der Waals surface area contributed by atoms with Crippen molar-refractivity contribution < 1.29 is 19.0 Å². The quantitative estimate of drug-likeness (QED) is 0.760. The van der Waals surface area contributed by atoms with Gasteiger partial charge in [0.2, 0.25) is 0 Å². The normalized spacial score (nSPS) is 11.0. The Hall–Kier alpha value is -2.49. The third-order valence-corrected chi connectivity index (χ3v) is 3.71. The molecule has 0 saturated heterocycles. The van der Waals surface area contributed by atoms with Crippen LogP contribution in [0.1, 0.15) is 29.8 Å². The Morgan fingerprint density at radius 2 is 1.52 bits per heavy atom. The lowest BCUT2D eigenvalue weighted by molar-refractivity contribution is 0.0426.